The van der Waals surface area contributed by atoms with Gasteiger partial charge in [-0.15, -0.1) is 0 Å². The number of benzene rings is 2. The van der Waals surface area contributed by atoms with E-state index < -0.39 is 10.8 Å². The maximum absolute atomic E-state index is 12.2. The van der Waals surface area contributed by atoms with Crippen molar-refractivity contribution in [1.82, 2.24) is 5.43 Å². The molecule has 0 radical (unpaired) electrons. The van der Waals surface area contributed by atoms with Crippen LogP contribution in [-0.4, -0.2) is 31.3 Å². The molecule has 0 bridgehead atoms. The number of hydrazone groups is 1. The van der Waals surface area contributed by atoms with Crippen LogP contribution in [0.25, 0.3) is 11.0 Å². The van der Waals surface area contributed by atoms with Gasteiger partial charge in [0, 0.05) is 23.1 Å². The standard InChI is InChI=1S/C19H17N3O6/c1-11-6-16(26-2)17(27-3)9-13(11)10-20-21-19(23)18-8-12-7-14(22(24)25)4-5-15(12)28-18/h4-10H,1-3H3,(H,21,23)/b20-10-. The van der Waals surface area contributed by atoms with Gasteiger partial charge in [0.2, 0.25) is 0 Å². The molecule has 0 fully saturated rings. The van der Waals surface area contributed by atoms with E-state index in [0.717, 1.165) is 11.1 Å². The van der Waals surface area contributed by atoms with Crippen molar-refractivity contribution >= 4 is 28.8 Å². The molecule has 0 spiro atoms. The van der Waals surface area contributed by atoms with Gasteiger partial charge in [-0.25, -0.2) is 5.43 Å². The summed E-state index contributed by atoms with van der Waals surface area (Å²) in [7, 11) is 3.08. The topological polar surface area (TPSA) is 116 Å². The number of fused-ring (bicyclic) bond motifs is 1. The zero-order chi connectivity index (χ0) is 20.3. The highest BCUT2D eigenvalue weighted by Gasteiger charge is 2.14. The predicted octanol–water partition coefficient (Wildman–Crippen LogP) is 3.43. The molecular formula is C19H17N3O6. The van der Waals surface area contributed by atoms with E-state index in [1.165, 1.54) is 37.6 Å². The number of carbonyl (C=O) groups excluding carboxylic acids is 1. The van der Waals surface area contributed by atoms with Crippen LogP contribution >= 0.6 is 0 Å². The van der Waals surface area contributed by atoms with Crippen molar-refractivity contribution in [3.8, 4) is 11.5 Å². The van der Waals surface area contributed by atoms with E-state index >= 15 is 0 Å². The quantitative estimate of drug-likeness (QED) is 0.396. The van der Waals surface area contributed by atoms with Crippen LogP contribution < -0.4 is 14.9 Å². The Morgan fingerprint density at radius 2 is 1.89 bits per heavy atom. The van der Waals surface area contributed by atoms with Gasteiger partial charge >= 0.3 is 5.91 Å². The number of non-ortho nitro benzene ring substituents is 1. The van der Waals surface area contributed by atoms with Gasteiger partial charge < -0.3 is 13.9 Å². The first-order valence-electron chi connectivity index (χ1n) is 8.17. The third-order valence-corrected chi connectivity index (χ3v) is 4.08. The highest BCUT2D eigenvalue weighted by molar-refractivity contribution is 5.97. The fraction of sp³-hybridized carbons (Fsp3) is 0.158. The van der Waals surface area contributed by atoms with E-state index in [0.29, 0.717) is 22.5 Å². The number of ether oxygens (including phenoxy) is 2. The maximum Gasteiger partial charge on any atom is 0.307 e. The number of nitrogens with zero attached hydrogens (tertiary/aromatic N) is 2. The normalized spacial score (nSPS) is 11.0. The third kappa shape index (κ3) is 3.78. The van der Waals surface area contributed by atoms with Crippen LogP contribution in [0, 0.1) is 17.0 Å². The summed E-state index contributed by atoms with van der Waals surface area (Å²) < 4.78 is 15.9. The molecule has 1 aromatic heterocycles. The molecule has 0 aliphatic carbocycles. The van der Waals surface area contributed by atoms with Crippen molar-refractivity contribution in [3.05, 3.63) is 63.4 Å². The first kappa shape index (κ1) is 18.9. The van der Waals surface area contributed by atoms with Crippen LogP contribution in [0.4, 0.5) is 5.69 Å². The molecule has 1 heterocycles. The van der Waals surface area contributed by atoms with Crippen molar-refractivity contribution in [2.45, 2.75) is 6.92 Å². The minimum absolute atomic E-state index is 0.00307. The summed E-state index contributed by atoms with van der Waals surface area (Å²) >= 11 is 0. The van der Waals surface area contributed by atoms with Crippen molar-refractivity contribution < 1.29 is 23.6 Å². The molecule has 28 heavy (non-hydrogen) atoms. The van der Waals surface area contributed by atoms with Gasteiger partial charge in [0.25, 0.3) is 5.69 Å². The summed E-state index contributed by atoms with van der Waals surface area (Å²) in [6.45, 7) is 1.87. The van der Waals surface area contributed by atoms with Crippen LogP contribution in [0.2, 0.25) is 0 Å². The Balaban J connectivity index is 1.77. The Morgan fingerprint density at radius 3 is 2.57 bits per heavy atom. The zero-order valence-corrected chi connectivity index (χ0v) is 15.4. The maximum atomic E-state index is 12.2. The Labute approximate surface area is 159 Å². The first-order chi connectivity index (χ1) is 13.4. The molecule has 3 aromatic rings. The number of aryl methyl sites for hydroxylation is 1. The molecule has 9 heteroatoms. The average molecular weight is 383 g/mol. The number of furan rings is 1. The van der Waals surface area contributed by atoms with E-state index in [1.54, 1.807) is 19.2 Å². The van der Waals surface area contributed by atoms with Crippen LogP contribution in [0.5, 0.6) is 11.5 Å². The molecule has 144 valence electrons. The molecule has 0 atom stereocenters. The van der Waals surface area contributed by atoms with Crippen LogP contribution in [0.3, 0.4) is 0 Å². The molecule has 0 saturated heterocycles. The molecule has 9 nitrogen and oxygen atoms in total. The first-order valence-corrected chi connectivity index (χ1v) is 8.17. The highest BCUT2D eigenvalue weighted by Crippen LogP contribution is 2.29. The van der Waals surface area contributed by atoms with E-state index in [9.17, 15) is 14.9 Å². The minimum atomic E-state index is -0.576. The summed E-state index contributed by atoms with van der Waals surface area (Å²) in [4.78, 5) is 22.6. The van der Waals surface area contributed by atoms with E-state index in [1.807, 2.05) is 6.92 Å². The second kappa shape index (κ2) is 7.78. The number of methoxy groups -OCH3 is 2. The van der Waals surface area contributed by atoms with Gasteiger partial charge in [-0.1, -0.05) is 0 Å². The Morgan fingerprint density at radius 1 is 1.18 bits per heavy atom. The van der Waals surface area contributed by atoms with E-state index in [4.69, 9.17) is 13.9 Å². The molecule has 0 aliphatic heterocycles. The summed E-state index contributed by atoms with van der Waals surface area (Å²) in [5.41, 5.74) is 4.28. The smallest absolute Gasteiger partial charge is 0.307 e. The van der Waals surface area contributed by atoms with Gasteiger partial charge in [-0.3, -0.25) is 14.9 Å². The lowest BCUT2D eigenvalue weighted by Crippen LogP contribution is -2.16. The summed E-state index contributed by atoms with van der Waals surface area (Å²) in [5, 5.41) is 15.2. The van der Waals surface area contributed by atoms with Gasteiger partial charge in [0.15, 0.2) is 17.3 Å². The SMILES string of the molecule is COc1cc(C)c(/C=N\NC(=O)c2cc3cc([N+](=O)[O-])ccc3o2)cc1OC. The second-order valence-corrected chi connectivity index (χ2v) is 5.85. The predicted molar refractivity (Wildman–Crippen MR) is 102 cm³/mol. The van der Waals surface area contributed by atoms with E-state index in [2.05, 4.69) is 10.5 Å². The molecule has 0 unspecified atom stereocenters. The minimum Gasteiger partial charge on any atom is -0.493 e. The number of amides is 1. The molecule has 2 aromatic carbocycles. The number of nitrogens with one attached hydrogen (secondary N) is 1. The fourth-order valence-electron chi connectivity index (χ4n) is 2.61. The summed E-state index contributed by atoms with van der Waals surface area (Å²) in [6, 6.07) is 9.06. The lowest BCUT2D eigenvalue weighted by molar-refractivity contribution is -0.384. The Kier molecular flexibility index (Phi) is 5.25. The highest BCUT2D eigenvalue weighted by atomic mass is 16.6. The molecule has 1 amide bonds. The van der Waals surface area contributed by atoms with Gasteiger partial charge in [0.1, 0.15) is 5.58 Å². The van der Waals surface area contributed by atoms with Crippen LogP contribution in [0.15, 0.2) is 45.9 Å². The monoisotopic (exact) mass is 383 g/mol. The third-order valence-electron chi connectivity index (χ3n) is 4.08. The van der Waals surface area contributed by atoms with E-state index in [-0.39, 0.29) is 11.4 Å². The largest absolute Gasteiger partial charge is 0.493 e. The lowest BCUT2D eigenvalue weighted by Gasteiger charge is -2.10. The zero-order valence-electron chi connectivity index (χ0n) is 15.4. The number of carbonyl (C=O) groups is 1. The van der Waals surface area contributed by atoms with Gasteiger partial charge in [-0.2, -0.15) is 5.10 Å². The molecule has 0 aliphatic rings. The number of rotatable bonds is 6. The summed E-state index contributed by atoms with van der Waals surface area (Å²) in [5.74, 6) is 0.558. The molecule has 0 saturated carbocycles. The second-order valence-electron chi connectivity index (χ2n) is 5.85. The van der Waals surface area contributed by atoms with Crippen LogP contribution in [0.1, 0.15) is 21.7 Å². The fourth-order valence-corrected chi connectivity index (χ4v) is 2.61. The number of hydrogen-bond acceptors (Lipinski definition) is 7. The number of nitro benzene ring substituents is 1. The van der Waals surface area contributed by atoms with Crippen molar-refractivity contribution in [2.24, 2.45) is 5.10 Å². The number of nitro groups is 1. The molecule has 1 N–H and O–H groups in total. The van der Waals surface area contributed by atoms with Gasteiger partial charge in [-0.05, 0) is 36.8 Å². The average Bonchev–Trinajstić information content (AvgIpc) is 3.12. The summed E-state index contributed by atoms with van der Waals surface area (Å²) in [6.07, 6.45) is 1.47. The Bertz CT molecular complexity index is 1090. The molecular weight excluding hydrogens is 366 g/mol. The van der Waals surface area contributed by atoms with Crippen molar-refractivity contribution in [3.63, 3.8) is 0 Å². The molecule has 3 rings (SSSR count). The Hall–Kier alpha value is -3.88. The van der Waals surface area contributed by atoms with Gasteiger partial charge in [0.05, 0.1) is 25.4 Å². The lowest BCUT2D eigenvalue weighted by atomic mass is 10.1. The number of hydrogen-bond donors (Lipinski definition) is 1. The van der Waals surface area contributed by atoms with Crippen LogP contribution in [-0.2, 0) is 0 Å². The van der Waals surface area contributed by atoms with Crippen molar-refractivity contribution in [1.29, 1.82) is 0 Å². The van der Waals surface area contributed by atoms with Crippen molar-refractivity contribution in [2.75, 3.05) is 14.2 Å².